The van der Waals surface area contributed by atoms with E-state index in [0.717, 1.165) is 32.7 Å². The lowest BCUT2D eigenvalue weighted by Crippen LogP contribution is -2.47. The number of likely N-dealkylation sites (tertiary alicyclic amines) is 1. The smallest absolute Gasteiger partial charge is 0.0949 e. The molecule has 2 saturated heterocycles. The molecule has 0 N–H and O–H groups in total. The standard InChI is InChI=1S/C17H22N4O/c1-4-17(10-16(12-22-17)21-9-7-19-14-21)13-20(8-1)11-15-2-5-18-6-3-15/h2-3,5-7,9,14,16H,1,4,8,10-13H2/t16-,17+/m0/s1. The second-order valence-corrected chi connectivity index (χ2v) is 6.53. The molecule has 5 heteroatoms. The Morgan fingerprint density at radius 2 is 2.14 bits per heavy atom. The van der Waals surface area contributed by atoms with Crippen molar-refractivity contribution >= 4 is 0 Å². The van der Waals surface area contributed by atoms with E-state index in [-0.39, 0.29) is 5.60 Å². The van der Waals surface area contributed by atoms with Gasteiger partial charge in [0, 0.05) is 44.3 Å². The fourth-order valence-corrected chi connectivity index (χ4v) is 3.85. The summed E-state index contributed by atoms with van der Waals surface area (Å²) < 4.78 is 8.47. The molecule has 0 saturated carbocycles. The molecular weight excluding hydrogens is 276 g/mol. The number of imidazole rings is 1. The van der Waals surface area contributed by atoms with E-state index in [2.05, 4.69) is 31.6 Å². The van der Waals surface area contributed by atoms with Crippen LogP contribution >= 0.6 is 0 Å². The summed E-state index contributed by atoms with van der Waals surface area (Å²) in [5, 5.41) is 0. The lowest BCUT2D eigenvalue weighted by Gasteiger charge is -2.39. The monoisotopic (exact) mass is 298 g/mol. The molecule has 0 aliphatic carbocycles. The first kappa shape index (κ1) is 13.9. The average molecular weight is 298 g/mol. The number of hydrogen-bond acceptors (Lipinski definition) is 4. The van der Waals surface area contributed by atoms with Gasteiger partial charge in [0.15, 0.2) is 0 Å². The van der Waals surface area contributed by atoms with Crippen molar-refractivity contribution in [1.82, 2.24) is 19.4 Å². The van der Waals surface area contributed by atoms with E-state index < -0.39 is 0 Å². The van der Waals surface area contributed by atoms with Crippen LogP contribution in [0.5, 0.6) is 0 Å². The highest BCUT2D eigenvalue weighted by Crippen LogP contribution is 2.39. The topological polar surface area (TPSA) is 43.2 Å². The summed E-state index contributed by atoms with van der Waals surface area (Å²) in [6.45, 7) is 3.98. The summed E-state index contributed by atoms with van der Waals surface area (Å²) in [5.74, 6) is 0. The number of nitrogens with zero attached hydrogens (tertiary/aromatic N) is 4. The van der Waals surface area contributed by atoms with Crippen LogP contribution < -0.4 is 0 Å². The van der Waals surface area contributed by atoms with Gasteiger partial charge in [-0.2, -0.15) is 0 Å². The van der Waals surface area contributed by atoms with Crippen molar-refractivity contribution in [3.63, 3.8) is 0 Å². The van der Waals surface area contributed by atoms with Gasteiger partial charge >= 0.3 is 0 Å². The third-order valence-electron chi connectivity index (χ3n) is 4.91. The molecule has 4 rings (SSSR count). The predicted octanol–water partition coefficient (Wildman–Crippen LogP) is 2.27. The van der Waals surface area contributed by atoms with Crippen molar-refractivity contribution in [3.8, 4) is 0 Å². The van der Waals surface area contributed by atoms with Gasteiger partial charge in [-0.15, -0.1) is 0 Å². The van der Waals surface area contributed by atoms with E-state index in [1.165, 1.54) is 18.4 Å². The molecule has 5 nitrogen and oxygen atoms in total. The molecular formula is C17H22N4O. The molecule has 116 valence electrons. The molecule has 2 aromatic heterocycles. The van der Waals surface area contributed by atoms with Crippen molar-refractivity contribution in [2.75, 3.05) is 19.7 Å². The Kier molecular flexibility index (Phi) is 3.68. The zero-order valence-corrected chi connectivity index (χ0v) is 12.8. The van der Waals surface area contributed by atoms with Crippen LogP contribution in [0, 0.1) is 0 Å². The molecule has 2 atom stereocenters. The largest absolute Gasteiger partial charge is 0.371 e. The summed E-state index contributed by atoms with van der Waals surface area (Å²) in [4.78, 5) is 10.8. The fourth-order valence-electron chi connectivity index (χ4n) is 3.85. The van der Waals surface area contributed by atoms with E-state index in [9.17, 15) is 0 Å². The minimum Gasteiger partial charge on any atom is -0.371 e. The van der Waals surface area contributed by atoms with E-state index >= 15 is 0 Å². The quantitative estimate of drug-likeness (QED) is 0.872. The van der Waals surface area contributed by atoms with Gasteiger partial charge in [-0.1, -0.05) is 0 Å². The number of hydrogen-bond donors (Lipinski definition) is 0. The number of ether oxygens (including phenoxy) is 1. The Balaban J connectivity index is 1.43. The van der Waals surface area contributed by atoms with E-state index in [4.69, 9.17) is 4.74 Å². The van der Waals surface area contributed by atoms with Gasteiger partial charge in [-0.25, -0.2) is 4.98 Å². The van der Waals surface area contributed by atoms with Crippen LogP contribution in [0.1, 0.15) is 30.9 Å². The van der Waals surface area contributed by atoms with Crippen LogP contribution in [0.3, 0.4) is 0 Å². The first-order valence-corrected chi connectivity index (χ1v) is 8.06. The number of piperidine rings is 1. The molecule has 1 spiro atoms. The molecule has 2 aromatic rings. The highest BCUT2D eigenvalue weighted by molar-refractivity contribution is 5.10. The van der Waals surface area contributed by atoms with Gasteiger partial charge in [-0.3, -0.25) is 9.88 Å². The molecule has 4 heterocycles. The lowest BCUT2D eigenvalue weighted by atomic mass is 9.88. The molecule has 22 heavy (non-hydrogen) atoms. The maximum Gasteiger partial charge on any atom is 0.0949 e. The Hall–Kier alpha value is -1.72. The summed E-state index contributed by atoms with van der Waals surface area (Å²) in [6, 6.07) is 4.64. The van der Waals surface area contributed by atoms with Crippen LogP contribution in [-0.2, 0) is 11.3 Å². The minimum atomic E-state index is 0.0280. The molecule has 0 amide bonds. The number of aromatic nitrogens is 3. The van der Waals surface area contributed by atoms with Crippen LogP contribution in [0.15, 0.2) is 43.2 Å². The highest BCUT2D eigenvalue weighted by Gasteiger charge is 2.43. The second-order valence-electron chi connectivity index (χ2n) is 6.53. The summed E-state index contributed by atoms with van der Waals surface area (Å²) in [5.41, 5.74) is 1.36. The summed E-state index contributed by atoms with van der Waals surface area (Å²) in [7, 11) is 0. The maximum atomic E-state index is 6.28. The fraction of sp³-hybridized carbons (Fsp3) is 0.529. The van der Waals surface area contributed by atoms with Crippen LogP contribution in [0.4, 0.5) is 0 Å². The Morgan fingerprint density at radius 1 is 1.23 bits per heavy atom. The van der Waals surface area contributed by atoms with Gasteiger partial charge in [0.25, 0.3) is 0 Å². The Labute approximate surface area is 130 Å². The molecule has 0 radical (unpaired) electrons. The maximum absolute atomic E-state index is 6.28. The Bertz CT molecular complexity index is 600. The van der Waals surface area contributed by atoms with E-state index in [0.29, 0.717) is 6.04 Å². The zero-order valence-electron chi connectivity index (χ0n) is 12.8. The third-order valence-corrected chi connectivity index (χ3v) is 4.91. The second kappa shape index (κ2) is 5.82. The van der Waals surface area contributed by atoms with Crippen molar-refractivity contribution in [2.24, 2.45) is 0 Å². The van der Waals surface area contributed by atoms with Crippen molar-refractivity contribution in [1.29, 1.82) is 0 Å². The zero-order chi connectivity index (χ0) is 14.8. The molecule has 0 aromatic carbocycles. The third kappa shape index (κ3) is 2.78. The first-order chi connectivity index (χ1) is 10.8. The van der Waals surface area contributed by atoms with Crippen molar-refractivity contribution in [2.45, 2.75) is 37.5 Å². The van der Waals surface area contributed by atoms with Crippen molar-refractivity contribution in [3.05, 3.63) is 48.8 Å². The van der Waals surface area contributed by atoms with Crippen molar-refractivity contribution < 1.29 is 4.74 Å². The normalized spacial score (nSPS) is 29.2. The van der Waals surface area contributed by atoms with Gasteiger partial charge in [0.2, 0.25) is 0 Å². The highest BCUT2D eigenvalue weighted by atomic mass is 16.5. The minimum absolute atomic E-state index is 0.0280. The number of rotatable bonds is 3. The first-order valence-electron chi connectivity index (χ1n) is 8.06. The summed E-state index contributed by atoms with van der Waals surface area (Å²) in [6.07, 6.45) is 13.0. The van der Waals surface area contributed by atoms with E-state index in [1.807, 2.05) is 31.1 Å². The van der Waals surface area contributed by atoms with Crippen LogP contribution in [0.25, 0.3) is 0 Å². The van der Waals surface area contributed by atoms with Gasteiger partial charge in [-0.05, 0) is 37.1 Å². The van der Waals surface area contributed by atoms with Gasteiger partial charge in [0.1, 0.15) is 0 Å². The molecule has 2 aliphatic heterocycles. The number of pyridine rings is 1. The molecule has 0 unspecified atom stereocenters. The van der Waals surface area contributed by atoms with Gasteiger partial charge < -0.3 is 9.30 Å². The van der Waals surface area contributed by atoms with Gasteiger partial charge in [0.05, 0.1) is 24.6 Å². The van der Waals surface area contributed by atoms with Crippen LogP contribution in [0.2, 0.25) is 0 Å². The predicted molar refractivity (Wildman–Crippen MR) is 83.3 cm³/mol. The summed E-state index contributed by atoms with van der Waals surface area (Å²) >= 11 is 0. The molecule has 2 fully saturated rings. The molecule has 0 bridgehead atoms. The molecule has 2 aliphatic rings. The average Bonchev–Trinajstić information content (AvgIpc) is 3.19. The SMILES string of the molecule is c1cc(CN2CCC[C@@]3(C[C@H](n4ccnc4)CO3)C2)ccn1. The van der Waals surface area contributed by atoms with Crippen LogP contribution in [-0.4, -0.2) is 44.7 Å². The lowest BCUT2D eigenvalue weighted by molar-refractivity contribution is -0.0534. The van der Waals surface area contributed by atoms with E-state index in [1.54, 1.807) is 0 Å². The Morgan fingerprint density at radius 3 is 2.95 bits per heavy atom.